The maximum absolute atomic E-state index is 12.3. The topological polar surface area (TPSA) is 75.4 Å². The van der Waals surface area contributed by atoms with Gasteiger partial charge in [0.2, 0.25) is 11.8 Å². The molecular weight excluding hydrogens is 266 g/mol. The molecule has 0 bridgehead atoms. The van der Waals surface area contributed by atoms with E-state index in [1.807, 2.05) is 6.07 Å². The largest absolute Gasteiger partial charge is 0.346 e. The molecule has 1 aliphatic rings. The Morgan fingerprint density at radius 1 is 1.38 bits per heavy atom. The summed E-state index contributed by atoms with van der Waals surface area (Å²) in [6.07, 6.45) is 1.94. The summed E-state index contributed by atoms with van der Waals surface area (Å²) in [5, 5.41) is 2.53. The minimum absolute atomic E-state index is 0.00139. The first-order valence-corrected chi connectivity index (χ1v) is 7.43. The van der Waals surface area contributed by atoms with Crippen molar-refractivity contribution in [3.05, 3.63) is 29.3 Å². The van der Waals surface area contributed by atoms with Crippen LogP contribution >= 0.6 is 0 Å². The highest BCUT2D eigenvalue weighted by molar-refractivity contribution is 5.97. The zero-order valence-electron chi connectivity index (χ0n) is 12.7. The van der Waals surface area contributed by atoms with Crippen molar-refractivity contribution in [2.75, 3.05) is 24.5 Å². The first-order valence-electron chi connectivity index (χ1n) is 7.43. The van der Waals surface area contributed by atoms with E-state index >= 15 is 0 Å². The van der Waals surface area contributed by atoms with Gasteiger partial charge in [-0.15, -0.1) is 0 Å². The van der Waals surface area contributed by atoms with Crippen molar-refractivity contribution < 1.29 is 9.59 Å². The number of benzene rings is 1. The Labute approximate surface area is 125 Å². The van der Waals surface area contributed by atoms with Gasteiger partial charge >= 0.3 is 0 Å². The molecule has 1 heterocycles. The SMILES string of the molecule is CC(C)c1ccc2c(c1)CCCN2C(=O)CNC(=O)CN. The molecule has 1 aromatic rings. The molecule has 2 rings (SSSR count). The molecule has 0 radical (unpaired) electrons. The maximum atomic E-state index is 12.3. The quantitative estimate of drug-likeness (QED) is 0.873. The van der Waals surface area contributed by atoms with Crippen molar-refractivity contribution in [1.29, 1.82) is 0 Å². The summed E-state index contributed by atoms with van der Waals surface area (Å²) < 4.78 is 0. The van der Waals surface area contributed by atoms with Crippen molar-refractivity contribution in [3.8, 4) is 0 Å². The van der Waals surface area contributed by atoms with Gasteiger partial charge in [0.25, 0.3) is 0 Å². The predicted molar refractivity (Wildman–Crippen MR) is 83.3 cm³/mol. The van der Waals surface area contributed by atoms with Crippen LogP contribution in [0.5, 0.6) is 0 Å². The molecule has 0 saturated heterocycles. The molecule has 1 aromatic carbocycles. The molecule has 5 nitrogen and oxygen atoms in total. The number of hydrogen-bond donors (Lipinski definition) is 2. The van der Waals surface area contributed by atoms with Crippen LogP contribution in [0.25, 0.3) is 0 Å². The normalized spacial score (nSPS) is 14.0. The third kappa shape index (κ3) is 3.61. The number of hydrogen-bond acceptors (Lipinski definition) is 3. The van der Waals surface area contributed by atoms with Crippen LogP contribution in [-0.4, -0.2) is 31.4 Å². The van der Waals surface area contributed by atoms with Gasteiger partial charge in [0, 0.05) is 12.2 Å². The fourth-order valence-corrected chi connectivity index (χ4v) is 2.58. The highest BCUT2D eigenvalue weighted by Crippen LogP contribution is 2.30. The minimum atomic E-state index is -0.310. The average Bonchev–Trinajstić information content (AvgIpc) is 2.50. The molecule has 3 N–H and O–H groups in total. The predicted octanol–water partition coefficient (Wildman–Crippen LogP) is 1.16. The van der Waals surface area contributed by atoms with E-state index in [4.69, 9.17) is 5.73 Å². The number of carbonyl (C=O) groups is 2. The third-order valence-corrected chi connectivity index (χ3v) is 3.81. The molecule has 114 valence electrons. The minimum Gasteiger partial charge on any atom is -0.346 e. The highest BCUT2D eigenvalue weighted by Gasteiger charge is 2.23. The van der Waals surface area contributed by atoms with Crippen LogP contribution < -0.4 is 16.0 Å². The molecule has 5 heteroatoms. The van der Waals surface area contributed by atoms with E-state index in [-0.39, 0.29) is 24.9 Å². The Hall–Kier alpha value is -1.88. The summed E-state index contributed by atoms with van der Waals surface area (Å²) in [7, 11) is 0. The summed E-state index contributed by atoms with van der Waals surface area (Å²) in [6, 6.07) is 6.29. The second-order valence-electron chi connectivity index (χ2n) is 5.67. The lowest BCUT2D eigenvalue weighted by Crippen LogP contribution is -2.43. The Morgan fingerprint density at radius 3 is 2.81 bits per heavy atom. The standard InChI is InChI=1S/C16H23N3O2/c1-11(2)12-5-6-14-13(8-12)4-3-7-19(14)16(21)10-18-15(20)9-17/h5-6,8,11H,3-4,7,9-10,17H2,1-2H3,(H,18,20). The summed E-state index contributed by atoms with van der Waals surface area (Å²) in [6.45, 7) is 4.93. The molecule has 0 unspecified atom stereocenters. The molecule has 2 amide bonds. The summed E-state index contributed by atoms with van der Waals surface area (Å²) >= 11 is 0. The lowest BCUT2D eigenvalue weighted by atomic mass is 9.95. The second kappa shape index (κ2) is 6.72. The monoisotopic (exact) mass is 289 g/mol. The van der Waals surface area contributed by atoms with E-state index < -0.39 is 0 Å². The van der Waals surface area contributed by atoms with Gasteiger partial charge in [-0.25, -0.2) is 0 Å². The van der Waals surface area contributed by atoms with Crippen molar-refractivity contribution >= 4 is 17.5 Å². The van der Waals surface area contributed by atoms with Crippen LogP contribution in [0.4, 0.5) is 5.69 Å². The number of nitrogens with zero attached hydrogens (tertiary/aromatic N) is 1. The maximum Gasteiger partial charge on any atom is 0.246 e. The number of aryl methyl sites for hydroxylation is 1. The second-order valence-corrected chi connectivity index (χ2v) is 5.67. The Bertz CT molecular complexity index is 540. The van der Waals surface area contributed by atoms with Crippen LogP contribution in [0.3, 0.4) is 0 Å². The van der Waals surface area contributed by atoms with E-state index in [9.17, 15) is 9.59 Å². The Kier molecular flexibility index (Phi) is 4.96. The Balaban J connectivity index is 2.14. The average molecular weight is 289 g/mol. The Morgan fingerprint density at radius 2 is 2.14 bits per heavy atom. The van der Waals surface area contributed by atoms with E-state index in [1.54, 1.807) is 4.90 Å². The smallest absolute Gasteiger partial charge is 0.246 e. The number of amides is 2. The zero-order valence-corrected chi connectivity index (χ0v) is 12.7. The van der Waals surface area contributed by atoms with E-state index in [2.05, 4.69) is 31.3 Å². The number of nitrogens with two attached hydrogens (primary N) is 1. The van der Waals surface area contributed by atoms with Gasteiger partial charge in [0.05, 0.1) is 13.1 Å². The summed E-state index contributed by atoms with van der Waals surface area (Å²) in [5.41, 5.74) is 8.70. The molecule has 0 saturated carbocycles. The number of fused-ring (bicyclic) bond motifs is 1. The fourth-order valence-electron chi connectivity index (χ4n) is 2.58. The van der Waals surface area contributed by atoms with Gasteiger partial charge in [-0.3, -0.25) is 9.59 Å². The fraction of sp³-hybridized carbons (Fsp3) is 0.500. The number of carbonyl (C=O) groups excluding carboxylic acids is 2. The molecule has 21 heavy (non-hydrogen) atoms. The molecule has 0 aromatic heterocycles. The van der Waals surface area contributed by atoms with Crippen molar-refractivity contribution in [3.63, 3.8) is 0 Å². The van der Waals surface area contributed by atoms with Crippen LogP contribution in [0.2, 0.25) is 0 Å². The van der Waals surface area contributed by atoms with Crippen molar-refractivity contribution in [1.82, 2.24) is 5.32 Å². The van der Waals surface area contributed by atoms with Gasteiger partial charge in [-0.1, -0.05) is 26.0 Å². The van der Waals surface area contributed by atoms with Gasteiger partial charge in [-0.2, -0.15) is 0 Å². The van der Waals surface area contributed by atoms with Gasteiger partial charge in [0.15, 0.2) is 0 Å². The van der Waals surface area contributed by atoms with Crippen LogP contribution in [0, 0.1) is 0 Å². The first kappa shape index (κ1) is 15.5. The van der Waals surface area contributed by atoms with Crippen molar-refractivity contribution in [2.24, 2.45) is 5.73 Å². The summed E-state index contributed by atoms with van der Waals surface area (Å²) in [4.78, 5) is 25.2. The lowest BCUT2D eigenvalue weighted by Gasteiger charge is -2.30. The van der Waals surface area contributed by atoms with Gasteiger partial charge in [0.1, 0.15) is 0 Å². The van der Waals surface area contributed by atoms with Crippen LogP contribution in [0.15, 0.2) is 18.2 Å². The van der Waals surface area contributed by atoms with E-state index in [0.29, 0.717) is 12.5 Å². The van der Waals surface area contributed by atoms with E-state index in [1.165, 1.54) is 11.1 Å². The zero-order chi connectivity index (χ0) is 15.4. The van der Waals surface area contributed by atoms with Gasteiger partial charge < -0.3 is 16.0 Å². The molecule has 0 fully saturated rings. The molecule has 0 atom stereocenters. The summed E-state index contributed by atoms with van der Waals surface area (Å²) in [5.74, 6) is 0.0796. The molecule has 0 spiro atoms. The molecular formula is C16H23N3O2. The number of anilines is 1. The van der Waals surface area contributed by atoms with E-state index in [0.717, 1.165) is 18.5 Å². The lowest BCUT2D eigenvalue weighted by molar-refractivity contribution is -0.124. The number of nitrogens with one attached hydrogen (secondary N) is 1. The van der Waals surface area contributed by atoms with Crippen molar-refractivity contribution in [2.45, 2.75) is 32.6 Å². The first-order chi connectivity index (χ1) is 10.0. The third-order valence-electron chi connectivity index (χ3n) is 3.81. The highest BCUT2D eigenvalue weighted by atomic mass is 16.2. The van der Waals surface area contributed by atoms with Gasteiger partial charge in [-0.05, 0) is 36.0 Å². The number of rotatable bonds is 4. The van der Waals surface area contributed by atoms with Crippen LogP contribution in [-0.2, 0) is 16.0 Å². The van der Waals surface area contributed by atoms with Crippen LogP contribution in [0.1, 0.15) is 37.3 Å². The molecule has 1 aliphatic heterocycles. The molecule has 0 aliphatic carbocycles.